The molecule has 1 aromatic heterocycles. The number of anilines is 1. The van der Waals surface area contributed by atoms with Crippen LogP contribution in [-0.2, 0) is 6.42 Å². The molecule has 0 spiro atoms. The Morgan fingerprint density at radius 2 is 1.92 bits per heavy atom. The highest BCUT2D eigenvalue weighted by molar-refractivity contribution is 7.15. The maximum atomic E-state index is 12.3. The maximum Gasteiger partial charge on any atom is 0.389 e. The molecule has 1 fully saturated rings. The van der Waals surface area contributed by atoms with E-state index in [9.17, 15) is 18.0 Å². The largest absolute Gasteiger partial charge is 0.389 e. The van der Waals surface area contributed by atoms with Gasteiger partial charge in [-0.2, -0.15) is 13.2 Å². The molecule has 0 saturated carbocycles. The number of carbonyl (C=O) groups excluding carboxylic acids is 1. The van der Waals surface area contributed by atoms with E-state index in [1.807, 2.05) is 6.20 Å². The molecule has 0 bridgehead atoms. The average Bonchev–Trinajstić information content (AvgIpc) is 3.09. The van der Waals surface area contributed by atoms with Gasteiger partial charge < -0.3 is 5.32 Å². The van der Waals surface area contributed by atoms with E-state index in [0.29, 0.717) is 22.2 Å². The summed E-state index contributed by atoms with van der Waals surface area (Å²) in [6.45, 7) is 1.98. The summed E-state index contributed by atoms with van der Waals surface area (Å²) >= 11 is 1.48. The average molecular weight is 383 g/mol. The zero-order valence-corrected chi connectivity index (χ0v) is 14.9. The quantitative estimate of drug-likeness (QED) is 0.807. The van der Waals surface area contributed by atoms with Gasteiger partial charge in [-0.15, -0.1) is 11.3 Å². The molecule has 1 saturated heterocycles. The molecular weight excluding hydrogens is 363 g/mol. The highest BCUT2D eigenvalue weighted by Crippen LogP contribution is 2.31. The monoisotopic (exact) mass is 383 g/mol. The van der Waals surface area contributed by atoms with Gasteiger partial charge in [-0.25, -0.2) is 4.98 Å². The van der Waals surface area contributed by atoms with Crippen LogP contribution in [0.25, 0.3) is 0 Å². The van der Waals surface area contributed by atoms with Crippen LogP contribution in [0, 0.1) is 0 Å². The van der Waals surface area contributed by atoms with Crippen molar-refractivity contribution in [2.75, 3.05) is 18.4 Å². The summed E-state index contributed by atoms with van der Waals surface area (Å²) in [4.78, 5) is 17.7. The molecule has 2 aromatic rings. The fourth-order valence-electron chi connectivity index (χ4n) is 2.92. The van der Waals surface area contributed by atoms with Crippen molar-refractivity contribution in [1.82, 2.24) is 10.3 Å². The molecule has 3 rings (SSSR count). The van der Waals surface area contributed by atoms with Gasteiger partial charge in [0.05, 0.1) is 0 Å². The van der Waals surface area contributed by atoms with Crippen LogP contribution < -0.4 is 10.6 Å². The smallest absolute Gasteiger partial charge is 0.317 e. The van der Waals surface area contributed by atoms with Crippen LogP contribution in [-0.4, -0.2) is 30.2 Å². The van der Waals surface area contributed by atoms with Gasteiger partial charge in [0, 0.05) is 23.1 Å². The van der Waals surface area contributed by atoms with Gasteiger partial charge in [0.2, 0.25) is 0 Å². The first-order chi connectivity index (χ1) is 12.4. The minimum atomic E-state index is -4.17. The van der Waals surface area contributed by atoms with Crippen LogP contribution in [0.3, 0.4) is 0 Å². The van der Waals surface area contributed by atoms with Crippen molar-refractivity contribution in [3.63, 3.8) is 0 Å². The van der Waals surface area contributed by atoms with Gasteiger partial charge in [0.25, 0.3) is 5.91 Å². The second-order valence-electron chi connectivity index (χ2n) is 6.36. The first kappa shape index (κ1) is 18.8. The number of piperidine rings is 1. The second-order valence-corrected chi connectivity index (χ2v) is 7.42. The fraction of sp³-hybridized carbons (Fsp3) is 0.444. The molecule has 0 aliphatic carbocycles. The molecule has 1 aliphatic heterocycles. The summed E-state index contributed by atoms with van der Waals surface area (Å²) < 4.78 is 36.8. The Hall–Kier alpha value is -1.93. The van der Waals surface area contributed by atoms with Crippen molar-refractivity contribution in [2.24, 2.45) is 0 Å². The first-order valence-electron chi connectivity index (χ1n) is 8.54. The van der Waals surface area contributed by atoms with Crippen molar-refractivity contribution >= 4 is 22.4 Å². The van der Waals surface area contributed by atoms with Gasteiger partial charge in [-0.1, -0.05) is 12.1 Å². The Bertz CT molecular complexity index is 737. The lowest BCUT2D eigenvalue weighted by atomic mass is 9.97. The van der Waals surface area contributed by atoms with Crippen molar-refractivity contribution in [2.45, 2.75) is 37.8 Å². The lowest BCUT2D eigenvalue weighted by Crippen LogP contribution is -2.26. The number of alkyl halides is 3. The summed E-state index contributed by atoms with van der Waals surface area (Å²) in [5, 5.41) is 6.63. The van der Waals surface area contributed by atoms with Crippen molar-refractivity contribution in [3.05, 3.63) is 46.5 Å². The lowest BCUT2D eigenvalue weighted by molar-refractivity contribution is -0.134. The molecule has 0 atom stereocenters. The summed E-state index contributed by atoms with van der Waals surface area (Å²) in [6, 6.07) is 6.21. The molecular formula is C18H20F3N3OS. The standard InChI is InChI=1S/C18H20F3N3OS/c19-18(20,21)8-5-12-1-3-14(4-2-12)16(25)24-17-23-11-15(26-17)13-6-9-22-10-7-13/h1-4,11,13,22H,5-10H2,(H,23,24,25). The molecule has 1 aromatic carbocycles. The third-order valence-corrected chi connectivity index (χ3v) is 5.47. The van der Waals surface area contributed by atoms with E-state index < -0.39 is 12.6 Å². The zero-order valence-electron chi connectivity index (χ0n) is 14.1. The van der Waals surface area contributed by atoms with Crippen LogP contribution >= 0.6 is 11.3 Å². The molecule has 8 heteroatoms. The summed E-state index contributed by atoms with van der Waals surface area (Å²) in [7, 11) is 0. The molecule has 26 heavy (non-hydrogen) atoms. The van der Waals surface area contributed by atoms with Crippen LogP contribution in [0.15, 0.2) is 30.5 Å². The number of carbonyl (C=O) groups is 1. The fourth-order valence-corrected chi connectivity index (χ4v) is 3.90. The normalized spacial score (nSPS) is 15.8. The Kier molecular flexibility index (Phi) is 5.93. The molecule has 140 valence electrons. The topological polar surface area (TPSA) is 54.0 Å². The van der Waals surface area contributed by atoms with Crippen molar-refractivity contribution < 1.29 is 18.0 Å². The SMILES string of the molecule is O=C(Nc1ncc(C2CCNCC2)s1)c1ccc(CCC(F)(F)F)cc1. The molecule has 2 heterocycles. The zero-order chi connectivity index (χ0) is 18.6. The van der Waals surface area contributed by atoms with Gasteiger partial charge in [0.15, 0.2) is 5.13 Å². The van der Waals surface area contributed by atoms with E-state index in [2.05, 4.69) is 15.6 Å². The van der Waals surface area contributed by atoms with E-state index in [-0.39, 0.29) is 12.3 Å². The van der Waals surface area contributed by atoms with E-state index >= 15 is 0 Å². The van der Waals surface area contributed by atoms with E-state index in [0.717, 1.165) is 25.9 Å². The summed E-state index contributed by atoms with van der Waals surface area (Å²) in [5.74, 6) is 0.172. The third-order valence-electron chi connectivity index (χ3n) is 4.40. The Morgan fingerprint density at radius 3 is 2.58 bits per heavy atom. The molecule has 0 radical (unpaired) electrons. The van der Waals surface area contributed by atoms with Crippen LogP contribution in [0.1, 0.15) is 46.0 Å². The lowest BCUT2D eigenvalue weighted by Gasteiger charge is -2.20. The molecule has 1 aliphatic rings. The summed E-state index contributed by atoms with van der Waals surface area (Å²) in [5.41, 5.74) is 0.959. The predicted octanol–water partition coefficient (Wildman–Crippen LogP) is 4.36. The predicted molar refractivity (Wildman–Crippen MR) is 95.7 cm³/mol. The maximum absolute atomic E-state index is 12.3. The van der Waals surface area contributed by atoms with E-state index in [1.165, 1.54) is 16.2 Å². The van der Waals surface area contributed by atoms with Gasteiger partial charge in [0.1, 0.15) is 0 Å². The Labute approximate surface area is 153 Å². The number of benzene rings is 1. The minimum absolute atomic E-state index is 0.0858. The minimum Gasteiger partial charge on any atom is -0.317 e. The first-order valence-corrected chi connectivity index (χ1v) is 9.36. The number of thiazole rings is 1. The molecule has 0 unspecified atom stereocenters. The van der Waals surface area contributed by atoms with Crippen LogP contribution in [0.5, 0.6) is 0 Å². The van der Waals surface area contributed by atoms with E-state index in [4.69, 9.17) is 0 Å². The van der Waals surface area contributed by atoms with E-state index in [1.54, 1.807) is 24.3 Å². The van der Waals surface area contributed by atoms with Crippen molar-refractivity contribution in [3.8, 4) is 0 Å². The number of halogens is 3. The van der Waals surface area contributed by atoms with Crippen LogP contribution in [0.4, 0.5) is 18.3 Å². The second kappa shape index (κ2) is 8.18. The Balaban J connectivity index is 1.57. The number of rotatable bonds is 5. The third kappa shape index (κ3) is 5.28. The molecule has 4 nitrogen and oxygen atoms in total. The number of nitrogens with one attached hydrogen (secondary N) is 2. The number of amides is 1. The highest BCUT2D eigenvalue weighted by atomic mass is 32.1. The van der Waals surface area contributed by atoms with Gasteiger partial charge in [-0.3, -0.25) is 10.1 Å². The Morgan fingerprint density at radius 1 is 1.23 bits per heavy atom. The number of hydrogen-bond acceptors (Lipinski definition) is 4. The highest BCUT2D eigenvalue weighted by Gasteiger charge is 2.26. The number of hydrogen-bond donors (Lipinski definition) is 2. The number of aryl methyl sites for hydroxylation is 1. The van der Waals surface area contributed by atoms with Gasteiger partial charge in [-0.05, 0) is 56.0 Å². The molecule has 2 N–H and O–H groups in total. The molecule has 1 amide bonds. The van der Waals surface area contributed by atoms with Gasteiger partial charge >= 0.3 is 6.18 Å². The number of nitrogens with zero attached hydrogens (tertiary/aromatic N) is 1. The number of aromatic nitrogens is 1. The van der Waals surface area contributed by atoms with Crippen LogP contribution in [0.2, 0.25) is 0 Å². The summed E-state index contributed by atoms with van der Waals surface area (Å²) in [6.07, 6.45) is -1.18. The van der Waals surface area contributed by atoms with Crippen molar-refractivity contribution in [1.29, 1.82) is 0 Å².